The van der Waals surface area contributed by atoms with Gasteiger partial charge in [-0.15, -0.1) is 0 Å². The highest BCUT2D eigenvalue weighted by atomic mass is 35.5. The lowest BCUT2D eigenvalue weighted by molar-refractivity contribution is -0.117. The third-order valence-corrected chi connectivity index (χ3v) is 4.45. The van der Waals surface area contributed by atoms with Gasteiger partial charge in [0.1, 0.15) is 0 Å². The van der Waals surface area contributed by atoms with Gasteiger partial charge in [0.2, 0.25) is 5.91 Å². The summed E-state index contributed by atoms with van der Waals surface area (Å²) in [6.45, 7) is 1.62. The van der Waals surface area contributed by atoms with Gasteiger partial charge in [0.25, 0.3) is 0 Å². The summed E-state index contributed by atoms with van der Waals surface area (Å²) in [4.78, 5) is 14.7. The molecule has 0 saturated heterocycles. The predicted octanol–water partition coefficient (Wildman–Crippen LogP) is 5.63. The van der Waals surface area contributed by atoms with E-state index in [1.165, 1.54) is 0 Å². The molecule has 0 aliphatic heterocycles. The number of nitrogens with one attached hydrogen (secondary N) is 1. The number of rotatable bonds is 7. The maximum absolute atomic E-state index is 12.6. The van der Waals surface area contributed by atoms with Gasteiger partial charge in [0.05, 0.1) is 6.54 Å². The van der Waals surface area contributed by atoms with E-state index >= 15 is 0 Å². The van der Waals surface area contributed by atoms with Crippen LogP contribution in [0.1, 0.15) is 11.1 Å². The Morgan fingerprint density at radius 1 is 0.778 bits per heavy atom. The van der Waals surface area contributed by atoms with Crippen LogP contribution in [0.4, 0.5) is 5.69 Å². The third-order valence-electron chi connectivity index (χ3n) is 4.01. The minimum Gasteiger partial charge on any atom is -0.325 e. The molecule has 3 aromatic rings. The number of benzene rings is 3. The molecule has 0 saturated carbocycles. The van der Waals surface area contributed by atoms with E-state index in [2.05, 4.69) is 34.5 Å². The van der Waals surface area contributed by atoms with Gasteiger partial charge in [-0.2, -0.15) is 0 Å². The number of hydrogen-bond donors (Lipinski definition) is 1. The molecule has 0 radical (unpaired) electrons. The van der Waals surface area contributed by atoms with Crippen LogP contribution in [0.15, 0.2) is 78.9 Å². The van der Waals surface area contributed by atoms with E-state index in [0.29, 0.717) is 28.8 Å². The standard InChI is InChI=1S/C22H20Cl2N2O/c23-19-11-20(24)13-21(12-19)25-22(27)16-26(14-17-7-3-1-4-8-17)15-18-9-5-2-6-10-18/h1-13H,14-16H2,(H,25,27). The van der Waals surface area contributed by atoms with Crippen molar-refractivity contribution >= 4 is 34.8 Å². The summed E-state index contributed by atoms with van der Waals surface area (Å²) in [5.41, 5.74) is 2.91. The fraction of sp³-hybridized carbons (Fsp3) is 0.136. The van der Waals surface area contributed by atoms with Gasteiger partial charge in [0, 0.05) is 28.8 Å². The zero-order valence-electron chi connectivity index (χ0n) is 14.7. The first-order valence-electron chi connectivity index (χ1n) is 8.64. The number of anilines is 1. The van der Waals surface area contributed by atoms with Crippen molar-refractivity contribution in [3.8, 4) is 0 Å². The van der Waals surface area contributed by atoms with E-state index < -0.39 is 0 Å². The highest BCUT2D eigenvalue weighted by Crippen LogP contribution is 2.22. The number of amides is 1. The number of nitrogens with zero attached hydrogens (tertiary/aromatic N) is 1. The molecular formula is C22H20Cl2N2O. The summed E-state index contributed by atoms with van der Waals surface area (Å²) >= 11 is 12.0. The Balaban J connectivity index is 1.70. The molecule has 0 spiro atoms. The normalized spacial score (nSPS) is 10.8. The predicted molar refractivity (Wildman–Crippen MR) is 112 cm³/mol. The fourth-order valence-electron chi connectivity index (χ4n) is 2.88. The van der Waals surface area contributed by atoms with Gasteiger partial charge in [-0.1, -0.05) is 83.9 Å². The van der Waals surface area contributed by atoms with Crippen LogP contribution < -0.4 is 5.32 Å². The number of hydrogen-bond acceptors (Lipinski definition) is 2. The Hall–Kier alpha value is -2.33. The average Bonchev–Trinajstić information content (AvgIpc) is 2.62. The molecule has 1 amide bonds. The summed E-state index contributed by atoms with van der Waals surface area (Å²) in [6, 6.07) is 25.2. The van der Waals surface area contributed by atoms with E-state index in [9.17, 15) is 4.79 Å². The second-order valence-electron chi connectivity index (χ2n) is 6.32. The smallest absolute Gasteiger partial charge is 0.238 e. The molecule has 0 atom stereocenters. The van der Waals surface area contributed by atoms with Crippen molar-refractivity contribution in [2.24, 2.45) is 0 Å². The van der Waals surface area contributed by atoms with Crippen LogP contribution >= 0.6 is 23.2 Å². The number of carbonyl (C=O) groups is 1. The van der Waals surface area contributed by atoms with Crippen molar-refractivity contribution in [1.29, 1.82) is 0 Å². The lowest BCUT2D eigenvalue weighted by Crippen LogP contribution is -2.32. The molecular weight excluding hydrogens is 379 g/mol. The Labute approximate surface area is 169 Å². The highest BCUT2D eigenvalue weighted by Gasteiger charge is 2.13. The topological polar surface area (TPSA) is 32.3 Å². The van der Waals surface area contributed by atoms with Gasteiger partial charge < -0.3 is 5.32 Å². The van der Waals surface area contributed by atoms with Crippen LogP contribution in [0.25, 0.3) is 0 Å². The van der Waals surface area contributed by atoms with Crippen molar-refractivity contribution in [3.63, 3.8) is 0 Å². The lowest BCUT2D eigenvalue weighted by Gasteiger charge is -2.22. The first-order valence-corrected chi connectivity index (χ1v) is 9.40. The Morgan fingerprint density at radius 2 is 1.26 bits per heavy atom. The van der Waals surface area contributed by atoms with Crippen LogP contribution in [0.3, 0.4) is 0 Å². The van der Waals surface area contributed by atoms with E-state index in [4.69, 9.17) is 23.2 Å². The molecule has 0 aromatic heterocycles. The Morgan fingerprint density at radius 3 is 1.74 bits per heavy atom. The first-order chi connectivity index (χ1) is 13.1. The Bertz CT molecular complexity index is 824. The van der Waals surface area contributed by atoms with Crippen molar-refractivity contribution in [2.45, 2.75) is 13.1 Å². The zero-order chi connectivity index (χ0) is 19.1. The van der Waals surface area contributed by atoms with Crippen LogP contribution in [0, 0.1) is 0 Å². The summed E-state index contributed by atoms with van der Waals surface area (Å²) in [7, 11) is 0. The molecule has 0 aliphatic rings. The van der Waals surface area contributed by atoms with E-state index in [-0.39, 0.29) is 12.5 Å². The van der Waals surface area contributed by atoms with Crippen LogP contribution in [0.2, 0.25) is 10.0 Å². The molecule has 27 heavy (non-hydrogen) atoms. The molecule has 0 fully saturated rings. The zero-order valence-corrected chi connectivity index (χ0v) is 16.3. The van der Waals surface area contributed by atoms with Crippen molar-refractivity contribution in [1.82, 2.24) is 4.90 Å². The van der Waals surface area contributed by atoms with Gasteiger partial charge in [0.15, 0.2) is 0 Å². The summed E-state index contributed by atoms with van der Waals surface area (Å²) < 4.78 is 0. The van der Waals surface area contributed by atoms with Gasteiger partial charge in [-0.05, 0) is 29.3 Å². The van der Waals surface area contributed by atoms with E-state index in [0.717, 1.165) is 11.1 Å². The van der Waals surface area contributed by atoms with Crippen molar-refractivity contribution < 1.29 is 4.79 Å². The van der Waals surface area contributed by atoms with Gasteiger partial charge in [-0.25, -0.2) is 0 Å². The molecule has 3 nitrogen and oxygen atoms in total. The maximum Gasteiger partial charge on any atom is 0.238 e. The molecule has 1 N–H and O–H groups in total. The minimum atomic E-state index is -0.111. The SMILES string of the molecule is O=C(CN(Cc1ccccc1)Cc1ccccc1)Nc1cc(Cl)cc(Cl)c1. The molecule has 3 rings (SSSR count). The monoisotopic (exact) mass is 398 g/mol. The molecule has 0 unspecified atom stereocenters. The van der Waals surface area contributed by atoms with E-state index in [1.54, 1.807) is 18.2 Å². The molecule has 0 aliphatic carbocycles. The second-order valence-corrected chi connectivity index (χ2v) is 7.20. The van der Waals surface area contributed by atoms with Crippen LogP contribution in [-0.2, 0) is 17.9 Å². The summed E-state index contributed by atoms with van der Waals surface area (Å²) in [5, 5.41) is 3.85. The second kappa shape index (κ2) is 9.56. The average molecular weight is 399 g/mol. The molecule has 0 heterocycles. The lowest BCUT2D eigenvalue weighted by atomic mass is 10.1. The highest BCUT2D eigenvalue weighted by molar-refractivity contribution is 6.35. The van der Waals surface area contributed by atoms with Crippen molar-refractivity contribution in [3.05, 3.63) is 100 Å². The third kappa shape index (κ3) is 6.40. The summed E-state index contributed by atoms with van der Waals surface area (Å²) in [5.74, 6) is -0.111. The molecule has 3 aromatic carbocycles. The largest absolute Gasteiger partial charge is 0.325 e. The van der Waals surface area contributed by atoms with Crippen LogP contribution in [-0.4, -0.2) is 17.4 Å². The Kier molecular flexibility index (Phi) is 6.88. The van der Waals surface area contributed by atoms with Gasteiger partial charge >= 0.3 is 0 Å². The quantitative estimate of drug-likeness (QED) is 0.558. The van der Waals surface area contributed by atoms with Crippen LogP contribution in [0.5, 0.6) is 0 Å². The minimum absolute atomic E-state index is 0.111. The molecule has 5 heteroatoms. The molecule has 138 valence electrons. The maximum atomic E-state index is 12.6. The number of carbonyl (C=O) groups excluding carboxylic acids is 1. The summed E-state index contributed by atoms with van der Waals surface area (Å²) in [6.07, 6.45) is 0. The van der Waals surface area contributed by atoms with Gasteiger partial charge in [-0.3, -0.25) is 9.69 Å². The van der Waals surface area contributed by atoms with Crippen molar-refractivity contribution in [2.75, 3.05) is 11.9 Å². The fourth-order valence-corrected chi connectivity index (χ4v) is 3.41. The van der Waals surface area contributed by atoms with E-state index in [1.807, 2.05) is 36.4 Å². The molecule has 0 bridgehead atoms. The first kappa shape index (κ1) is 19.4. The number of halogens is 2.